The molecule has 2 atom stereocenters. The fourth-order valence-electron chi connectivity index (χ4n) is 1.96. The number of aliphatic hydroxyl groups is 4. The van der Waals surface area contributed by atoms with E-state index in [4.69, 9.17) is 20.4 Å². The first-order valence-electron chi connectivity index (χ1n) is 7.96. The average Bonchev–Trinajstić information content (AvgIpc) is 2.52. The fraction of sp³-hybridized carbons (Fsp3) is 1.00. The van der Waals surface area contributed by atoms with Crippen LogP contribution < -0.4 is 0 Å². The Morgan fingerprint density at radius 2 is 1.05 bits per heavy atom. The van der Waals surface area contributed by atoms with Gasteiger partial charge in [-0.15, -0.1) is 0 Å². The average molecular weight is 292 g/mol. The highest BCUT2D eigenvalue weighted by Crippen LogP contribution is 2.23. The second-order valence-corrected chi connectivity index (χ2v) is 5.67. The van der Waals surface area contributed by atoms with E-state index in [0.717, 1.165) is 32.1 Å². The van der Waals surface area contributed by atoms with Gasteiger partial charge in [-0.25, -0.2) is 0 Å². The maximum atomic E-state index is 8.88. The molecular weight excluding hydrogens is 256 g/mol. The van der Waals surface area contributed by atoms with Gasteiger partial charge in [0.1, 0.15) is 0 Å². The zero-order chi connectivity index (χ0) is 16.0. The van der Waals surface area contributed by atoms with E-state index in [1.54, 1.807) is 0 Å². The number of rotatable bonds is 10. The molecule has 0 radical (unpaired) electrons. The number of hydrogen-bond donors (Lipinski definition) is 4. The molecule has 0 aliphatic carbocycles. The molecule has 4 nitrogen and oxygen atoms in total. The van der Waals surface area contributed by atoms with Crippen LogP contribution in [0.25, 0.3) is 0 Å². The maximum absolute atomic E-state index is 8.88. The third-order valence-electron chi connectivity index (χ3n) is 4.51. The molecule has 4 N–H and O–H groups in total. The smallest absolute Gasteiger partial charge is 0.0509 e. The molecule has 0 amide bonds. The Balaban J connectivity index is 0. The highest BCUT2D eigenvalue weighted by atomic mass is 16.3. The summed E-state index contributed by atoms with van der Waals surface area (Å²) in [6.07, 6.45) is 4.66. The van der Waals surface area contributed by atoms with Crippen molar-refractivity contribution in [1.82, 2.24) is 0 Å². The van der Waals surface area contributed by atoms with Gasteiger partial charge in [-0.05, 0) is 31.1 Å². The minimum Gasteiger partial charge on any atom is -0.396 e. The van der Waals surface area contributed by atoms with Crippen LogP contribution in [0.15, 0.2) is 0 Å². The molecule has 0 aromatic rings. The Kier molecular flexibility index (Phi) is 15.3. The lowest BCUT2D eigenvalue weighted by Gasteiger charge is -2.25. The lowest BCUT2D eigenvalue weighted by atomic mass is 9.84. The lowest BCUT2D eigenvalue weighted by molar-refractivity contribution is 0.0480. The van der Waals surface area contributed by atoms with Crippen LogP contribution in [-0.4, -0.2) is 46.9 Å². The SMILES string of the molecule is CCC(CC)(CO)CO.CCC(CO)CC(CC)CO. The molecule has 0 aliphatic heterocycles. The van der Waals surface area contributed by atoms with Gasteiger partial charge in [-0.1, -0.05) is 40.5 Å². The molecule has 0 fully saturated rings. The molecule has 0 spiro atoms. The Morgan fingerprint density at radius 3 is 1.15 bits per heavy atom. The van der Waals surface area contributed by atoms with Crippen molar-refractivity contribution in [3.63, 3.8) is 0 Å². The van der Waals surface area contributed by atoms with Gasteiger partial charge in [0.15, 0.2) is 0 Å². The summed E-state index contributed by atoms with van der Waals surface area (Å²) in [7, 11) is 0. The third kappa shape index (κ3) is 8.90. The molecule has 0 aliphatic rings. The molecule has 20 heavy (non-hydrogen) atoms. The van der Waals surface area contributed by atoms with E-state index < -0.39 is 0 Å². The molecule has 124 valence electrons. The van der Waals surface area contributed by atoms with Gasteiger partial charge in [0, 0.05) is 18.6 Å². The normalized spacial score (nSPS) is 14.4. The van der Waals surface area contributed by atoms with E-state index in [2.05, 4.69) is 13.8 Å². The van der Waals surface area contributed by atoms with Gasteiger partial charge in [0.05, 0.1) is 13.2 Å². The molecule has 0 rings (SSSR count). The monoisotopic (exact) mass is 292 g/mol. The van der Waals surface area contributed by atoms with Crippen LogP contribution in [-0.2, 0) is 0 Å². The van der Waals surface area contributed by atoms with Crippen molar-refractivity contribution in [2.45, 2.75) is 59.8 Å². The van der Waals surface area contributed by atoms with Gasteiger partial charge >= 0.3 is 0 Å². The zero-order valence-electron chi connectivity index (χ0n) is 13.8. The second kappa shape index (κ2) is 13.8. The Hall–Kier alpha value is -0.160. The van der Waals surface area contributed by atoms with Crippen LogP contribution in [0.2, 0.25) is 0 Å². The fourth-order valence-corrected chi connectivity index (χ4v) is 1.96. The van der Waals surface area contributed by atoms with Crippen molar-refractivity contribution in [3.05, 3.63) is 0 Å². The summed E-state index contributed by atoms with van der Waals surface area (Å²) in [5.41, 5.74) is -0.222. The molecule has 0 saturated carbocycles. The third-order valence-corrected chi connectivity index (χ3v) is 4.51. The largest absolute Gasteiger partial charge is 0.396 e. The van der Waals surface area contributed by atoms with Crippen molar-refractivity contribution in [1.29, 1.82) is 0 Å². The van der Waals surface area contributed by atoms with E-state index in [-0.39, 0.29) is 31.8 Å². The van der Waals surface area contributed by atoms with Crippen LogP contribution in [0.3, 0.4) is 0 Å². The summed E-state index contributed by atoms with van der Waals surface area (Å²) in [4.78, 5) is 0. The first-order valence-corrected chi connectivity index (χ1v) is 7.96. The number of hydrogen-bond acceptors (Lipinski definition) is 4. The van der Waals surface area contributed by atoms with Crippen LogP contribution in [0.4, 0.5) is 0 Å². The van der Waals surface area contributed by atoms with Crippen LogP contribution in [0.5, 0.6) is 0 Å². The minimum absolute atomic E-state index is 0.0938. The molecule has 0 saturated heterocycles. The predicted molar refractivity (Wildman–Crippen MR) is 83.5 cm³/mol. The molecular formula is C16H36O4. The van der Waals surface area contributed by atoms with Crippen LogP contribution in [0, 0.1) is 17.3 Å². The van der Waals surface area contributed by atoms with E-state index in [1.807, 2.05) is 13.8 Å². The minimum atomic E-state index is -0.222. The lowest BCUT2D eigenvalue weighted by Crippen LogP contribution is -2.27. The van der Waals surface area contributed by atoms with Crippen molar-refractivity contribution in [3.8, 4) is 0 Å². The van der Waals surface area contributed by atoms with E-state index in [9.17, 15) is 0 Å². The second-order valence-electron chi connectivity index (χ2n) is 5.67. The Bertz CT molecular complexity index is 157. The molecule has 0 aromatic heterocycles. The molecule has 2 unspecified atom stereocenters. The zero-order valence-corrected chi connectivity index (χ0v) is 13.8. The summed E-state index contributed by atoms with van der Waals surface area (Å²) in [5.74, 6) is 0.763. The van der Waals surface area contributed by atoms with Gasteiger partial charge in [-0.3, -0.25) is 0 Å². The maximum Gasteiger partial charge on any atom is 0.0509 e. The first-order chi connectivity index (χ1) is 9.52. The van der Waals surface area contributed by atoms with Crippen molar-refractivity contribution in [2.75, 3.05) is 26.4 Å². The highest BCUT2D eigenvalue weighted by molar-refractivity contribution is 4.73. The summed E-state index contributed by atoms with van der Waals surface area (Å²) in [6, 6.07) is 0. The van der Waals surface area contributed by atoms with E-state index in [0.29, 0.717) is 11.8 Å². The van der Waals surface area contributed by atoms with Gasteiger partial charge in [0.25, 0.3) is 0 Å². The van der Waals surface area contributed by atoms with Gasteiger partial charge < -0.3 is 20.4 Å². The number of aliphatic hydroxyl groups excluding tert-OH is 4. The predicted octanol–water partition coefficient (Wildman–Crippen LogP) is 2.19. The summed E-state index contributed by atoms with van der Waals surface area (Å²) < 4.78 is 0. The first kappa shape index (κ1) is 22.1. The van der Waals surface area contributed by atoms with E-state index in [1.165, 1.54) is 0 Å². The molecule has 0 bridgehead atoms. The van der Waals surface area contributed by atoms with Crippen molar-refractivity contribution >= 4 is 0 Å². The van der Waals surface area contributed by atoms with Crippen molar-refractivity contribution < 1.29 is 20.4 Å². The summed E-state index contributed by atoms with van der Waals surface area (Å²) >= 11 is 0. The van der Waals surface area contributed by atoms with E-state index >= 15 is 0 Å². The quantitative estimate of drug-likeness (QED) is 0.497. The molecule has 0 heterocycles. The summed E-state index contributed by atoms with van der Waals surface area (Å²) in [6.45, 7) is 8.81. The van der Waals surface area contributed by atoms with Crippen molar-refractivity contribution in [2.24, 2.45) is 17.3 Å². The Morgan fingerprint density at radius 1 is 0.700 bits per heavy atom. The molecule has 0 aromatic carbocycles. The van der Waals surface area contributed by atoms with Crippen LogP contribution >= 0.6 is 0 Å². The van der Waals surface area contributed by atoms with Crippen LogP contribution in [0.1, 0.15) is 59.8 Å². The Labute approximate surface area is 124 Å². The van der Waals surface area contributed by atoms with Gasteiger partial charge in [0.2, 0.25) is 0 Å². The van der Waals surface area contributed by atoms with Gasteiger partial charge in [-0.2, -0.15) is 0 Å². The topological polar surface area (TPSA) is 80.9 Å². The molecule has 4 heteroatoms. The standard InChI is InChI=1S/C9H20O2.C7H16O2/c1-3-8(6-10)5-9(4-2)7-11;1-3-7(4-2,5-8)6-9/h8-11H,3-7H2,1-2H3;8-9H,3-6H2,1-2H3. The highest BCUT2D eigenvalue weighted by Gasteiger charge is 2.23. The summed E-state index contributed by atoms with van der Waals surface area (Å²) in [5, 5.41) is 35.4.